The minimum absolute atomic E-state index is 0.608. The SMILES string of the molecule is CN=C(NCc1c(C)noc1C)N1CCC(N2CCOCC2)C1. The molecule has 2 saturated heterocycles. The number of hydrogen-bond acceptors (Lipinski definition) is 5. The summed E-state index contributed by atoms with van der Waals surface area (Å²) in [5.74, 6) is 1.83. The van der Waals surface area contributed by atoms with Crippen LogP contribution in [-0.4, -0.2) is 73.4 Å². The van der Waals surface area contributed by atoms with E-state index in [1.165, 1.54) is 6.42 Å². The number of likely N-dealkylation sites (tertiary alicyclic amines) is 1. The van der Waals surface area contributed by atoms with E-state index in [4.69, 9.17) is 9.26 Å². The fraction of sp³-hybridized carbons (Fsp3) is 0.750. The Balaban J connectivity index is 1.55. The standard InChI is InChI=1S/C16H27N5O2/c1-12-15(13(2)23-19-12)10-18-16(17-3)21-5-4-14(11-21)20-6-8-22-9-7-20/h14H,4-11H2,1-3H3,(H,17,18). The van der Waals surface area contributed by atoms with E-state index in [1.807, 2.05) is 20.9 Å². The van der Waals surface area contributed by atoms with Crippen LogP contribution in [0.2, 0.25) is 0 Å². The highest BCUT2D eigenvalue weighted by Crippen LogP contribution is 2.17. The van der Waals surface area contributed by atoms with Crippen molar-refractivity contribution in [1.29, 1.82) is 0 Å². The Morgan fingerprint density at radius 3 is 2.74 bits per heavy atom. The van der Waals surface area contributed by atoms with Crippen LogP contribution < -0.4 is 5.32 Å². The summed E-state index contributed by atoms with van der Waals surface area (Å²) in [6.45, 7) is 10.5. The van der Waals surface area contributed by atoms with Gasteiger partial charge in [0.2, 0.25) is 0 Å². The van der Waals surface area contributed by atoms with Gasteiger partial charge in [-0.3, -0.25) is 9.89 Å². The summed E-state index contributed by atoms with van der Waals surface area (Å²) in [5.41, 5.74) is 2.06. The number of ether oxygens (including phenoxy) is 1. The predicted molar refractivity (Wildman–Crippen MR) is 88.5 cm³/mol. The first-order valence-corrected chi connectivity index (χ1v) is 8.38. The lowest BCUT2D eigenvalue weighted by Crippen LogP contribution is -2.46. The number of aryl methyl sites for hydroxylation is 2. The molecule has 0 saturated carbocycles. The molecule has 3 heterocycles. The van der Waals surface area contributed by atoms with Gasteiger partial charge in [-0.2, -0.15) is 0 Å². The second kappa shape index (κ2) is 7.31. The maximum atomic E-state index is 5.45. The van der Waals surface area contributed by atoms with E-state index in [0.29, 0.717) is 12.6 Å². The number of hydrogen-bond donors (Lipinski definition) is 1. The van der Waals surface area contributed by atoms with Crippen LogP contribution in [0.25, 0.3) is 0 Å². The molecule has 0 bridgehead atoms. The lowest BCUT2D eigenvalue weighted by Gasteiger charge is -2.32. The Bertz CT molecular complexity index is 531. The van der Waals surface area contributed by atoms with Gasteiger partial charge in [0.05, 0.1) is 18.9 Å². The second-order valence-electron chi connectivity index (χ2n) is 6.24. The minimum Gasteiger partial charge on any atom is -0.379 e. The number of rotatable bonds is 3. The summed E-state index contributed by atoms with van der Waals surface area (Å²) in [5, 5.41) is 7.46. The number of morpholine rings is 1. The molecular formula is C16H27N5O2. The minimum atomic E-state index is 0.608. The highest BCUT2D eigenvalue weighted by Gasteiger charge is 2.30. The van der Waals surface area contributed by atoms with Gasteiger partial charge in [0.1, 0.15) is 5.76 Å². The van der Waals surface area contributed by atoms with Crippen LogP contribution in [-0.2, 0) is 11.3 Å². The van der Waals surface area contributed by atoms with Gasteiger partial charge in [0.15, 0.2) is 5.96 Å². The molecule has 1 aromatic rings. The first-order valence-electron chi connectivity index (χ1n) is 8.38. The lowest BCUT2D eigenvalue weighted by atomic mass is 10.2. The summed E-state index contributed by atoms with van der Waals surface area (Å²) in [6.07, 6.45) is 1.19. The van der Waals surface area contributed by atoms with Crippen molar-refractivity contribution in [2.75, 3.05) is 46.4 Å². The second-order valence-corrected chi connectivity index (χ2v) is 6.24. The van der Waals surface area contributed by atoms with E-state index < -0.39 is 0 Å². The molecule has 128 valence electrons. The summed E-state index contributed by atoms with van der Waals surface area (Å²) >= 11 is 0. The Morgan fingerprint density at radius 2 is 2.09 bits per heavy atom. The molecule has 2 fully saturated rings. The van der Waals surface area contributed by atoms with Crippen molar-refractivity contribution in [3.8, 4) is 0 Å². The average molecular weight is 321 g/mol. The van der Waals surface area contributed by atoms with Crippen molar-refractivity contribution in [3.63, 3.8) is 0 Å². The highest BCUT2D eigenvalue weighted by atomic mass is 16.5. The zero-order chi connectivity index (χ0) is 16.2. The Hall–Kier alpha value is -1.60. The van der Waals surface area contributed by atoms with Crippen LogP contribution in [0.5, 0.6) is 0 Å². The largest absolute Gasteiger partial charge is 0.379 e. The van der Waals surface area contributed by atoms with Crippen LogP contribution in [0.3, 0.4) is 0 Å². The van der Waals surface area contributed by atoms with Crippen LogP contribution >= 0.6 is 0 Å². The fourth-order valence-corrected chi connectivity index (χ4v) is 3.43. The number of guanidine groups is 1. The molecule has 2 aliphatic heterocycles. The van der Waals surface area contributed by atoms with Crippen molar-refractivity contribution < 1.29 is 9.26 Å². The lowest BCUT2D eigenvalue weighted by molar-refractivity contribution is 0.0195. The van der Waals surface area contributed by atoms with E-state index in [2.05, 4.69) is 25.3 Å². The summed E-state index contributed by atoms with van der Waals surface area (Å²) < 4.78 is 10.7. The number of aromatic nitrogens is 1. The normalized spacial score (nSPS) is 23.5. The van der Waals surface area contributed by atoms with E-state index in [9.17, 15) is 0 Å². The quantitative estimate of drug-likeness (QED) is 0.655. The summed E-state index contributed by atoms with van der Waals surface area (Å²) in [4.78, 5) is 9.34. The third-order valence-corrected chi connectivity index (χ3v) is 4.84. The molecule has 0 aromatic carbocycles. The van der Waals surface area contributed by atoms with E-state index in [-0.39, 0.29) is 0 Å². The zero-order valence-corrected chi connectivity index (χ0v) is 14.3. The summed E-state index contributed by atoms with van der Waals surface area (Å²) in [7, 11) is 1.84. The van der Waals surface area contributed by atoms with Gasteiger partial charge in [-0.05, 0) is 20.3 Å². The number of aliphatic imine (C=N–C) groups is 1. The molecule has 1 atom stereocenters. The molecule has 1 N–H and O–H groups in total. The van der Waals surface area contributed by atoms with Crippen LogP contribution in [0.4, 0.5) is 0 Å². The van der Waals surface area contributed by atoms with Crippen molar-refractivity contribution in [2.45, 2.75) is 32.9 Å². The molecule has 0 aliphatic carbocycles. The Morgan fingerprint density at radius 1 is 1.30 bits per heavy atom. The van der Waals surface area contributed by atoms with E-state index in [0.717, 1.165) is 62.4 Å². The first-order chi connectivity index (χ1) is 11.2. The molecule has 1 unspecified atom stereocenters. The highest BCUT2D eigenvalue weighted by molar-refractivity contribution is 5.80. The topological polar surface area (TPSA) is 66.1 Å². The van der Waals surface area contributed by atoms with E-state index in [1.54, 1.807) is 0 Å². The van der Waals surface area contributed by atoms with Gasteiger partial charge in [0.25, 0.3) is 0 Å². The zero-order valence-electron chi connectivity index (χ0n) is 14.3. The van der Waals surface area contributed by atoms with Gasteiger partial charge < -0.3 is 19.5 Å². The average Bonchev–Trinajstić information content (AvgIpc) is 3.18. The van der Waals surface area contributed by atoms with Gasteiger partial charge in [-0.1, -0.05) is 5.16 Å². The fourth-order valence-electron chi connectivity index (χ4n) is 3.43. The van der Waals surface area contributed by atoms with Gasteiger partial charge in [-0.15, -0.1) is 0 Å². The predicted octanol–water partition coefficient (Wildman–Crippen LogP) is 0.773. The van der Waals surface area contributed by atoms with Gasteiger partial charge >= 0.3 is 0 Å². The molecule has 7 nitrogen and oxygen atoms in total. The van der Waals surface area contributed by atoms with Gasteiger partial charge in [-0.25, -0.2) is 0 Å². The molecule has 0 radical (unpaired) electrons. The van der Waals surface area contributed by atoms with Crippen molar-refractivity contribution in [2.24, 2.45) is 4.99 Å². The van der Waals surface area contributed by atoms with Crippen LogP contribution in [0.1, 0.15) is 23.4 Å². The molecular weight excluding hydrogens is 294 g/mol. The third kappa shape index (κ3) is 3.67. The van der Waals surface area contributed by atoms with E-state index >= 15 is 0 Å². The molecule has 1 aromatic heterocycles. The van der Waals surface area contributed by atoms with Gasteiger partial charge in [0, 0.05) is 51.4 Å². The molecule has 7 heteroatoms. The molecule has 2 aliphatic rings. The first kappa shape index (κ1) is 16.3. The number of nitrogens with one attached hydrogen (secondary N) is 1. The monoisotopic (exact) mass is 321 g/mol. The van der Waals surface area contributed by atoms with Crippen LogP contribution in [0.15, 0.2) is 9.52 Å². The molecule has 23 heavy (non-hydrogen) atoms. The Labute approximate surface area is 137 Å². The maximum Gasteiger partial charge on any atom is 0.193 e. The molecule has 3 rings (SSSR count). The third-order valence-electron chi connectivity index (χ3n) is 4.84. The number of nitrogens with zero attached hydrogens (tertiary/aromatic N) is 4. The van der Waals surface area contributed by atoms with Crippen molar-refractivity contribution >= 4 is 5.96 Å². The maximum absolute atomic E-state index is 5.45. The smallest absolute Gasteiger partial charge is 0.193 e. The summed E-state index contributed by atoms with van der Waals surface area (Å²) in [6, 6.07) is 0.608. The molecule has 0 amide bonds. The Kier molecular flexibility index (Phi) is 5.17. The van der Waals surface area contributed by atoms with Crippen molar-refractivity contribution in [3.05, 3.63) is 17.0 Å². The van der Waals surface area contributed by atoms with Crippen molar-refractivity contribution in [1.82, 2.24) is 20.3 Å². The van der Waals surface area contributed by atoms with Crippen LogP contribution in [0, 0.1) is 13.8 Å². The molecule has 0 spiro atoms.